The minimum Gasteiger partial charge on any atom is -0.453 e. The van der Waals surface area contributed by atoms with E-state index in [4.69, 9.17) is 11.6 Å². The van der Waals surface area contributed by atoms with Crippen molar-refractivity contribution in [2.24, 2.45) is 5.92 Å². The summed E-state index contributed by atoms with van der Waals surface area (Å²) in [6.07, 6.45) is 2.29. The van der Waals surface area contributed by atoms with Gasteiger partial charge < -0.3 is 10.1 Å². The maximum Gasteiger partial charge on any atom is 0.413 e. The Morgan fingerprint density at radius 3 is 2.52 bits per heavy atom. The zero-order chi connectivity index (χ0) is 23.8. The molecule has 9 nitrogen and oxygen atoms in total. The first-order valence-corrected chi connectivity index (χ1v) is 13.8. The van der Waals surface area contributed by atoms with Gasteiger partial charge in [-0.05, 0) is 49.8 Å². The predicted octanol–water partition coefficient (Wildman–Crippen LogP) is 3.49. The second-order valence-corrected chi connectivity index (χ2v) is 12.7. The molecule has 3 heterocycles. The molecule has 0 unspecified atom stereocenters. The number of thiophene rings is 2. The summed E-state index contributed by atoms with van der Waals surface area (Å²) < 4.78 is 32.0. The molecule has 4 rings (SSSR count). The Morgan fingerprint density at radius 2 is 1.88 bits per heavy atom. The van der Waals surface area contributed by atoms with Crippen LogP contribution in [0.2, 0.25) is 4.34 Å². The van der Waals surface area contributed by atoms with E-state index in [1.54, 1.807) is 6.07 Å². The summed E-state index contributed by atoms with van der Waals surface area (Å²) in [5, 5.41) is 5.43. The van der Waals surface area contributed by atoms with Gasteiger partial charge in [-0.3, -0.25) is 14.9 Å². The molecule has 13 heteroatoms. The Bertz CT molecular complexity index is 1200. The summed E-state index contributed by atoms with van der Waals surface area (Å²) in [7, 11) is -2.47. The highest BCUT2D eigenvalue weighted by Gasteiger charge is 2.34. The van der Waals surface area contributed by atoms with Crippen molar-refractivity contribution in [2.45, 2.75) is 36.3 Å². The number of halogens is 1. The van der Waals surface area contributed by atoms with Crippen molar-refractivity contribution in [3.8, 4) is 0 Å². The number of piperidine rings is 1. The molecule has 0 atom stereocenters. The fraction of sp³-hybridized carbons (Fsp3) is 0.450. The monoisotopic (exact) mass is 531 g/mol. The first-order chi connectivity index (χ1) is 15.7. The number of aryl methyl sites for hydroxylation is 1. The molecule has 2 aliphatic rings. The third-order valence-electron chi connectivity index (χ3n) is 5.75. The lowest BCUT2D eigenvalue weighted by molar-refractivity contribution is -0.120. The number of fused-ring (bicyclic) bond motifs is 1. The summed E-state index contributed by atoms with van der Waals surface area (Å²) in [5.41, 5.74) is 1.16. The lowest BCUT2D eigenvalue weighted by Gasteiger charge is -2.30. The van der Waals surface area contributed by atoms with E-state index >= 15 is 0 Å². The molecular weight excluding hydrogens is 510 g/mol. The number of carbonyl (C=O) groups excluding carboxylic acids is 3. The maximum absolute atomic E-state index is 13.0. The Hall–Kier alpha value is -1.99. The number of imide groups is 1. The normalized spacial score (nSPS) is 16.9. The van der Waals surface area contributed by atoms with Gasteiger partial charge in [-0.1, -0.05) is 11.6 Å². The van der Waals surface area contributed by atoms with Crippen molar-refractivity contribution in [1.29, 1.82) is 0 Å². The summed E-state index contributed by atoms with van der Waals surface area (Å²) in [6.45, 7) is 0.430. The quantitative estimate of drug-likeness (QED) is 0.609. The highest BCUT2D eigenvalue weighted by molar-refractivity contribution is 7.91. The number of methoxy groups -OCH3 is 1. The van der Waals surface area contributed by atoms with Crippen molar-refractivity contribution in [3.63, 3.8) is 0 Å². The number of sulfonamides is 1. The molecule has 1 saturated heterocycles. The minimum absolute atomic E-state index is 0.185. The van der Waals surface area contributed by atoms with Crippen LogP contribution in [0.5, 0.6) is 0 Å². The van der Waals surface area contributed by atoms with Crippen LogP contribution in [0.25, 0.3) is 0 Å². The van der Waals surface area contributed by atoms with Gasteiger partial charge in [0, 0.05) is 23.9 Å². The molecule has 1 fully saturated rings. The first kappa shape index (κ1) is 24.1. The number of nitrogens with zero attached hydrogens (tertiary/aromatic N) is 1. The van der Waals surface area contributed by atoms with Gasteiger partial charge >= 0.3 is 6.09 Å². The largest absolute Gasteiger partial charge is 0.453 e. The Labute approximate surface area is 204 Å². The number of rotatable bonds is 5. The predicted molar refractivity (Wildman–Crippen MR) is 126 cm³/mol. The smallest absolute Gasteiger partial charge is 0.413 e. The lowest BCUT2D eigenvalue weighted by Crippen LogP contribution is -2.41. The average Bonchev–Trinajstić information content (AvgIpc) is 3.49. The third-order valence-corrected chi connectivity index (χ3v) is 10.6. The summed E-state index contributed by atoms with van der Waals surface area (Å²) in [5.74, 6) is -1.26. The fourth-order valence-corrected chi connectivity index (χ4v) is 8.47. The third kappa shape index (κ3) is 4.94. The number of hydrogen-bond donors (Lipinski definition) is 2. The minimum atomic E-state index is -3.64. The van der Waals surface area contributed by atoms with Crippen LogP contribution >= 0.6 is 34.3 Å². The van der Waals surface area contributed by atoms with Gasteiger partial charge in [0.15, 0.2) is 0 Å². The topological polar surface area (TPSA) is 122 Å². The van der Waals surface area contributed by atoms with Crippen LogP contribution in [-0.2, 0) is 32.4 Å². The highest BCUT2D eigenvalue weighted by Crippen LogP contribution is 2.39. The fourth-order valence-electron chi connectivity index (χ4n) is 4.07. The molecule has 3 amide bonds. The Kier molecular flexibility index (Phi) is 7.10. The first-order valence-electron chi connectivity index (χ1n) is 10.3. The highest BCUT2D eigenvalue weighted by atomic mass is 35.5. The van der Waals surface area contributed by atoms with Crippen molar-refractivity contribution in [2.75, 3.05) is 25.5 Å². The van der Waals surface area contributed by atoms with Gasteiger partial charge in [-0.25, -0.2) is 13.2 Å². The van der Waals surface area contributed by atoms with Crippen LogP contribution in [-0.4, -0.2) is 50.8 Å². The molecule has 178 valence electrons. The van der Waals surface area contributed by atoms with Crippen LogP contribution in [0.4, 0.5) is 9.80 Å². The number of nitrogens with one attached hydrogen (secondary N) is 2. The van der Waals surface area contributed by atoms with Crippen LogP contribution < -0.4 is 10.6 Å². The van der Waals surface area contributed by atoms with Crippen molar-refractivity contribution < 1.29 is 27.5 Å². The number of carbonyl (C=O) groups is 3. The lowest BCUT2D eigenvalue weighted by atomic mass is 9.97. The Morgan fingerprint density at radius 1 is 1.15 bits per heavy atom. The van der Waals surface area contributed by atoms with Gasteiger partial charge in [0.2, 0.25) is 5.91 Å². The summed E-state index contributed by atoms with van der Waals surface area (Å²) in [6, 6.07) is 3.03. The number of anilines is 1. The van der Waals surface area contributed by atoms with Crippen LogP contribution in [0.1, 0.15) is 40.1 Å². The van der Waals surface area contributed by atoms with E-state index in [2.05, 4.69) is 15.4 Å². The van der Waals surface area contributed by atoms with Gasteiger partial charge in [0.25, 0.3) is 15.9 Å². The van der Waals surface area contributed by atoms with Crippen LogP contribution in [0.3, 0.4) is 0 Å². The van der Waals surface area contributed by atoms with Crippen molar-refractivity contribution >= 4 is 67.2 Å². The molecule has 33 heavy (non-hydrogen) atoms. The van der Waals surface area contributed by atoms with Crippen LogP contribution in [0, 0.1) is 5.92 Å². The number of hydrogen-bond acceptors (Lipinski definition) is 8. The zero-order valence-corrected chi connectivity index (χ0v) is 20.9. The summed E-state index contributed by atoms with van der Waals surface area (Å²) >= 11 is 8.23. The Balaban J connectivity index is 1.44. The van der Waals surface area contributed by atoms with E-state index in [9.17, 15) is 22.8 Å². The zero-order valence-electron chi connectivity index (χ0n) is 17.7. The van der Waals surface area contributed by atoms with Gasteiger partial charge in [0.1, 0.15) is 9.21 Å². The van der Waals surface area contributed by atoms with Crippen LogP contribution in [0.15, 0.2) is 16.3 Å². The van der Waals surface area contributed by atoms with Gasteiger partial charge in [0.05, 0.1) is 17.0 Å². The van der Waals surface area contributed by atoms with E-state index in [0.29, 0.717) is 34.2 Å². The molecular formula is C20H22ClN3O6S3. The molecule has 0 radical (unpaired) electrons. The molecule has 2 aromatic rings. The maximum atomic E-state index is 13.0. The number of amides is 3. The van der Waals surface area contributed by atoms with Crippen molar-refractivity contribution in [3.05, 3.63) is 32.5 Å². The number of ether oxygens (including phenoxy) is 1. The standard InChI is InChI=1S/C20H22ClN3O6S3/c1-30-20(27)23-18(26)16-12-3-2-4-13(12)31-19(16)22-17(25)11-7-9-24(10-8-11)33(28,29)15-6-5-14(21)32-15/h5-6,11H,2-4,7-10H2,1H3,(H,22,25)(H,23,26,27). The van der Waals surface area contributed by atoms with Crippen molar-refractivity contribution in [1.82, 2.24) is 9.62 Å². The van der Waals surface area contributed by atoms with E-state index in [1.807, 2.05) is 0 Å². The SMILES string of the molecule is COC(=O)NC(=O)c1c(NC(=O)C2CCN(S(=O)(=O)c3ccc(Cl)s3)CC2)sc2c1CCC2. The molecule has 1 aliphatic heterocycles. The molecule has 2 N–H and O–H groups in total. The van der Waals surface area contributed by atoms with Gasteiger partial charge in [-0.2, -0.15) is 4.31 Å². The molecule has 0 spiro atoms. The average molecular weight is 532 g/mol. The molecule has 0 aromatic carbocycles. The second-order valence-electron chi connectivity index (χ2n) is 7.73. The second kappa shape index (κ2) is 9.71. The van der Waals surface area contributed by atoms with E-state index < -0.39 is 27.9 Å². The molecule has 0 bridgehead atoms. The van der Waals surface area contributed by atoms with E-state index in [1.165, 1.54) is 28.8 Å². The van der Waals surface area contributed by atoms with E-state index in [-0.39, 0.29) is 23.2 Å². The number of alkyl carbamates (subject to hydrolysis) is 1. The molecule has 1 aliphatic carbocycles. The molecule has 2 aromatic heterocycles. The van der Waals surface area contributed by atoms with E-state index in [0.717, 1.165) is 34.6 Å². The summed E-state index contributed by atoms with van der Waals surface area (Å²) in [4.78, 5) is 38.2. The van der Waals surface area contributed by atoms with Gasteiger partial charge in [-0.15, -0.1) is 22.7 Å². The molecule has 0 saturated carbocycles.